The molecule has 0 N–H and O–H groups in total. The Morgan fingerprint density at radius 2 is 0.329 bits per heavy atom. The molecule has 30 aromatic rings. The molecule has 0 fully saturated rings. The summed E-state index contributed by atoms with van der Waals surface area (Å²) in [5.74, 6) is 0. The highest BCUT2D eigenvalue weighted by Crippen LogP contribution is 2.47. The van der Waals surface area contributed by atoms with E-state index in [1.54, 1.807) is 0 Å². The van der Waals surface area contributed by atoms with E-state index in [-0.39, 0.29) is 0 Å². The van der Waals surface area contributed by atoms with Crippen molar-refractivity contribution in [3.8, 4) is 78.6 Å². The second kappa shape index (κ2) is 32.6. The Kier molecular flexibility index (Phi) is 18.6. The quantitative estimate of drug-likeness (QED) is 0.131. The first kappa shape index (κ1) is 79.9. The first-order chi connectivity index (χ1) is 69.5. The molecule has 6 heterocycles. The smallest absolute Gasteiger partial charge is 0.0547 e. The third-order valence-corrected chi connectivity index (χ3v) is 29.3. The zero-order chi connectivity index (χ0) is 92.0. The number of para-hydroxylation sites is 7. The van der Waals surface area contributed by atoms with Crippen molar-refractivity contribution < 1.29 is 0 Å². The van der Waals surface area contributed by atoms with E-state index < -0.39 is 0 Å². The fourth-order valence-corrected chi connectivity index (χ4v) is 22.9. The van der Waals surface area contributed by atoms with Gasteiger partial charge in [-0.25, -0.2) is 0 Å². The van der Waals surface area contributed by atoms with Gasteiger partial charge < -0.3 is 27.4 Å². The van der Waals surface area contributed by atoms with E-state index in [0.29, 0.717) is 0 Å². The molecule has 652 valence electrons. The first-order valence-corrected chi connectivity index (χ1v) is 48.3. The van der Waals surface area contributed by atoms with E-state index in [9.17, 15) is 0 Å². The SMILES string of the molecule is c1ccc(-n2c3ccccc3c3cc(-c4ccc(-c5ccc6c(c5)c5ccccc5n6-c5cccc6ccccc56)cc4)ccc32)cc1.c1ccc(-n2c3ccccc3c3cc(-c4ccc5c(c4)c4ccccc4n5-c4cccc5ccccc45)ccc32)cc1.c1ccc2cc(-n3c4ccccc4c4cc(-c5ccc6c(c5)c5c7ccccc7ccc5n6-c5cccc6ccccc56)ccc43)ccc2c1. The monoisotopic (exact) mass is 1780 g/mol. The van der Waals surface area contributed by atoms with Crippen LogP contribution in [0.2, 0.25) is 0 Å². The van der Waals surface area contributed by atoms with Crippen LogP contribution in [0.15, 0.2) is 522 Å². The van der Waals surface area contributed by atoms with Crippen molar-refractivity contribution >= 4 is 185 Å². The Labute approximate surface area is 806 Å². The Balaban J connectivity index is 0.000000103. The van der Waals surface area contributed by atoms with Gasteiger partial charge in [0.2, 0.25) is 0 Å². The zero-order valence-corrected chi connectivity index (χ0v) is 76.3. The van der Waals surface area contributed by atoms with Crippen molar-refractivity contribution in [2.75, 3.05) is 0 Å². The Morgan fingerprint density at radius 1 is 0.100 bits per heavy atom. The molecule has 0 saturated carbocycles. The molecule has 0 unspecified atom stereocenters. The van der Waals surface area contributed by atoms with Crippen LogP contribution < -0.4 is 0 Å². The number of rotatable bonds is 10. The molecule has 0 aliphatic heterocycles. The third-order valence-electron chi connectivity index (χ3n) is 29.3. The number of aromatic nitrogens is 6. The van der Waals surface area contributed by atoms with Gasteiger partial charge in [-0.3, -0.25) is 0 Å². The maximum Gasteiger partial charge on any atom is 0.0547 e. The topological polar surface area (TPSA) is 29.6 Å². The Morgan fingerprint density at radius 3 is 0.700 bits per heavy atom. The molecule has 6 nitrogen and oxygen atoms in total. The summed E-state index contributed by atoms with van der Waals surface area (Å²) >= 11 is 0. The van der Waals surface area contributed by atoms with Gasteiger partial charge >= 0.3 is 0 Å². The molecule has 6 heteroatoms. The fourth-order valence-electron chi connectivity index (χ4n) is 22.9. The summed E-state index contributed by atoms with van der Waals surface area (Å²) in [7, 11) is 0. The van der Waals surface area contributed by atoms with Gasteiger partial charge in [-0.15, -0.1) is 0 Å². The van der Waals surface area contributed by atoms with Gasteiger partial charge in [0.25, 0.3) is 0 Å². The van der Waals surface area contributed by atoms with Crippen LogP contribution in [0.4, 0.5) is 0 Å². The van der Waals surface area contributed by atoms with Gasteiger partial charge in [-0.2, -0.15) is 0 Å². The van der Waals surface area contributed by atoms with E-state index in [1.165, 1.54) is 263 Å². The molecular formula is C134H86N6. The summed E-state index contributed by atoms with van der Waals surface area (Å²) in [6.07, 6.45) is 0. The van der Waals surface area contributed by atoms with Crippen LogP contribution in [0.1, 0.15) is 0 Å². The largest absolute Gasteiger partial charge is 0.309 e. The van der Waals surface area contributed by atoms with Crippen LogP contribution in [0.25, 0.3) is 263 Å². The number of nitrogens with zero attached hydrogens (tertiary/aromatic N) is 6. The van der Waals surface area contributed by atoms with Gasteiger partial charge in [0.1, 0.15) is 0 Å². The van der Waals surface area contributed by atoms with Gasteiger partial charge in [-0.1, -0.05) is 358 Å². The van der Waals surface area contributed by atoms with Crippen LogP contribution in [0, 0.1) is 0 Å². The van der Waals surface area contributed by atoms with Crippen LogP contribution in [0.3, 0.4) is 0 Å². The van der Waals surface area contributed by atoms with Crippen molar-refractivity contribution in [2.24, 2.45) is 0 Å². The lowest BCUT2D eigenvalue weighted by atomic mass is 9.98. The molecule has 0 radical (unpaired) electrons. The maximum atomic E-state index is 2.46. The van der Waals surface area contributed by atoms with Crippen molar-refractivity contribution in [1.82, 2.24) is 27.4 Å². The summed E-state index contributed by atoms with van der Waals surface area (Å²) < 4.78 is 14.5. The van der Waals surface area contributed by atoms with Gasteiger partial charge in [0.05, 0.1) is 83.3 Å². The van der Waals surface area contributed by atoms with E-state index in [2.05, 4.69) is 549 Å². The van der Waals surface area contributed by atoms with Gasteiger partial charge in [-0.05, 0) is 246 Å². The third kappa shape index (κ3) is 13.0. The second-order valence-electron chi connectivity index (χ2n) is 36.9. The van der Waals surface area contributed by atoms with Crippen LogP contribution in [0.5, 0.6) is 0 Å². The second-order valence-corrected chi connectivity index (χ2v) is 36.9. The lowest BCUT2D eigenvalue weighted by Crippen LogP contribution is -1.95. The van der Waals surface area contributed by atoms with Crippen molar-refractivity contribution in [1.29, 1.82) is 0 Å². The highest BCUT2D eigenvalue weighted by atomic mass is 15.0. The first-order valence-electron chi connectivity index (χ1n) is 48.3. The molecule has 6 aromatic heterocycles. The van der Waals surface area contributed by atoms with Gasteiger partial charge in [0, 0.05) is 97.9 Å². The molecule has 0 spiro atoms. The number of fused-ring (bicyclic) bond motifs is 24. The fraction of sp³-hybridized carbons (Fsp3) is 0. The normalized spacial score (nSPS) is 11.9. The minimum absolute atomic E-state index is 1.18. The highest BCUT2D eigenvalue weighted by molar-refractivity contribution is 6.24. The van der Waals surface area contributed by atoms with Crippen molar-refractivity contribution in [2.45, 2.75) is 0 Å². The number of benzene rings is 24. The minimum Gasteiger partial charge on any atom is -0.309 e. The van der Waals surface area contributed by atoms with E-state index >= 15 is 0 Å². The highest BCUT2D eigenvalue weighted by Gasteiger charge is 2.24. The summed E-state index contributed by atoms with van der Waals surface area (Å²) in [5.41, 5.74) is 31.5. The standard InChI is InChI=1S/C48H30N2.C46H30N2.C40H26N2/c1-2-13-34-28-37(24-20-31(34)10-1)49-44-18-8-7-17-40(44)41-29-35(22-25-45(41)49)36-23-26-46-42(30-36)48-39-16-6-4-12-33(39)21-27-47(48)50(46)43-19-9-14-32-11-3-5-15-38(32)43;1-2-13-36(14-3-1)47-43-18-8-6-16-38(43)40-29-34(25-27-45(40)47)31-21-23-32(24-22-31)35-26-28-46-41(30-35)39-17-7-9-19-44(39)48(46)42-20-10-12-33-11-4-5-15-37(33)42;1-2-13-30(14-3-1)41-37-18-8-6-16-32(37)34-25-28(21-23-39(34)41)29-22-24-40-35(26-29)33-17-7-9-19-38(33)42(40)36-20-10-12-27-11-4-5-15-31(27)36/h1-30H;1-30H;1-26H. The molecule has 140 heavy (non-hydrogen) atoms. The Bertz CT molecular complexity index is 10300. The lowest BCUT2D eigenvalue weighted by molar-refractivity contribution is 1.18. The zero-order valence-electron chi connectivity index (χ0n) is 76.3. The molecule has 30 rings (SSSR count). The van der Waals surface area contributed by atoms with E-state index in [4.69, 9.17) is 0 Å². The Hall–Kier alpha value is -18.6. The average Bonchev–Trinajstić information content (AvgIpc) is 1.51. The van der Waals surface area contributed by atoms with Crippen LogP contribution in [-0.4, -0.2) is 27.4 Å². The van der Waals surface area contributed by atoms with Crippen LogP contribution >= 0.6 is 0 Å². The molecular weight excluding hydrogens is 1690 g/mol. The predicted octanol–water partition coefficient (Wildman–Crippen LogP) is 36.1. The molecule has 0 amide bonds. The maximum absolute atomic E-state index is 2.46. The minimum atomic E-state index is 1.18. The lowest BCUT2D eigenvalue weighted by Gasteiger charge is -2.12. The van der Waals surface area contributed by atoms with Crippen LogP contribution in [-0.2, 0) is 0 Å². The molecule has 24 aromatic carbocycles. The number of hydrogen-bond donors (Lipinski definition) is 0. The summed E-state index contributed by atoms with van der Waals surface area (Å²) in [5, 5.41) is 27.8. The number of hydrogen-bond acceptors (Lipinski definition) is 0. The molecule has 0 atom stereocenters. The average molecular weight is 1780 g/mol. The summed E-state index contributed by atoms with van der Waals surface area (Å²) in [6.45, 7) is 0. The molecule has 0 aliphatic carbocycles. The predicted molar refractivity (Wildman–Crippen MR) is 595 cm³/mol. The summed E-state index contributed by atoms with van der Waals surface area (Å²) in [4.78, 5) is 0. The summed E-state index contributed by atoms with van der Waals surface area (Å²) in [6, 6.07) is 190. The molecule has 0 aliphatic rings. The van der Waals surface area contributed by atoms with E-state index in [0.717, 1.165) is 0 Å². The molecule has 0 saturated heterocycles. The molecule has 0 bridgehead atoms. The van der Waals surface area contributed by atoms with E-state index in [1.807, 2.05) is 0 Å². The van der Waals surface area contributed by atoms with Gasteiger partial charge in [0.15, 0.2) is 0 Å². The van der Waals surface area contributed by atoms with Crippen molar-refractivity contribution in [3.63, 3.8) is 0 Å². The van der Waals surface area contributed by atoms with Crippen molar-refractivity contribution in [3.05, 3.63) is 522 Å².